The van der Waals surface area contributed by atoms with Gasteiger partial charge in [-0.05, 0) is 68.5 Å². The van der Waals surface area contributed by atoms with E-state index in [9.17, 15) is 4.79 Å². The van der Waals surface area contributed by atoms with Crippen molar-refractivity contribution in [2.45, 2.75) is 13.8 Å². The van der Waals surface area contributed by atoms with Crippen molar-refractivity contribution in [1.29, 1.82) is 0 Å². The highest BCUT2D eigenvalue weighted by Gasteiger charge is 2.32. The van der Waals surface area contributed by atoms with Gasteiger partial charge in [0.2, 0.25) is 0 Å². The van der Waals surface area contributed by atoms with Crippen molar-refractivity contribution < 1.29 is 19.0 Å². The lowest BCUT2D eigenvalue weighted by Gasteiger charge is -2.14. The zero-order valence-electron chi connectivity index (χ0n) is 16.0. The summed E-state index contributed by atoms with van der Waals surface area (Å²) in [5.41, 5.74) is 1.81. The summed E-state index contributed by atoms with van der Waals surface area (Å²) >= 11 is 5.36. The number of hydrogen-bond donors (Lipinski definition) is 1. The lowest BCUT2D eigenvalue weighted by molar-refractivity contribution is -0.113. The Balaban J connectivity index is 1.90. The summed E-state index contributed by atoms with van der Waals surface area (Å²) in [7, 11) is 1.59. The van der Waals surface area contributed by atoms with Gasteiger partial charge in [-0.15, -0.1) is 0 Å². The molecule has 0 unspecified atom stereocenters. The molecule has 6 nitrogen and oxygen atoms in total. The molecule has 0 spiro atoms. The fourth-order valence-electron chi connectivity index (χ4n) is 2.83. The van der Waals surface area contributed by atoms with Crippen molar-refractivity contribution in [2.75, 3.05) is 25.2 Å². The van der Waals surface area contributed by atoms with Crippen LogP contribution in [0.1, 0.15) is 19.4 Å². The molecular weight excluding hydrogens is 376 g/mol. The summed E-state index contributed by atoms with van der Waals surface area (Å²) in [6, 6.07) is 12.7. The van der Waals surface area contributed by atoms with Crippen molar-refractivity contribution in [3.8, 4) is 17.2 Å². The van der Waals surface area contributed by atoms with E-state index in [0.29, 0.717) is 47.0 Å². The number of ether oxygens (including phenoxy) is 3. The SMILES string of the molecule is CCOc1ccc(/C=C2\NC(=S)N(c3ccc(OC)cc3)C2=O)c(OCC)c1. The number of anilines is 1. The Bertz CT molecular complexity index is 909. The van der Waals surface area contributed by atoms with Crippen molar-refractivity contribution in [3.05, 3.63) is 53.7 Å². The Hall–Kier alpha value is -3.06. The monoisotopic (exact) mass is 398 g/mol. The van der Waals surface area contributed by atoms with E-state index in [4.69, 9.17) is 26.4 Å². The summed E-state index contributed by atoms with van der Waals surface area (Å²) in [4.78, 5) is 14.4. The van der Waals surface area contributed by atoms with Crippen molar-refractivity contribution >= 4 is 35.0 Å². The Morgan fingerprint density at radius 2 is 1.71 bits per heavy atom. The molecule has 146 valence electrons. The van der Waals surface area contributed by atoms with Crippen molar-refractivity contribution in [3.63, 3.8) is 0 Å². The van der Waals surface area contributed by atoms with Crippen LogP contribution in [0.25, 0.3) is 6.08 Å². The molecule has 1 heterocycles. The number of benzene rings is 2. The van der Waals surface area contributed by atoms with Gasteiger partial charge < -0.3 is 19.5 Å². The highest BCUT2D eigenvalue weighted by atomic mass is 32.1. The minimum Gasteiger partial charge on any atom is -0.497 e. The summed E-state index contributed by atoms with van der Waals surface area (Å²) < 4.78 is 16.4. The topological polar surface area (TPSA) is 60.0 Å². The van der Waals surface area contributed by atoms with Crippen molar-refractivity contribution in [1.82, 2.24) is 5.32 Å². The maximum atomic E-state index is 12.9. The minimum atomic E-state index is -0.230. The molecule has 1 fully saturated rings. The predicted molar refractivity (Wildman–Crippen MR) is 113 cm³/mol. The number of carbonyl (C=O) groups excluding carboxylic acids is 1. The molecule has 0 aromatic heterocycles. The molecule has 1 aliphatic rings. The molecule has 0 atom stereocenters. The summed E-state index contributed by atoms with van der Waals surface area (Å²) in [5, 5.41) is 3.31. The highest BCUT2D eigenvalue weighted by Crippen LogP contribution is 2.29. The number of carbonyl (C=O) groups is 1. The van der Waals surface area contributed by atoms with Crippen LogP contribution in [0.3, 0.4) is 0 Å². The molecule has 3 rings (SSSR count). The molecule has 28 heavy (non-hydrogen) atoms. The molecule has 0 bridgehead atoms. The van der Waals surface area contributed by atoms with E-state index < -0.39 is 0 Å². The number of nitrogens with one attached hydrogen (secondary N) is 1. The predicted octanol–water partition coefficient (Wildman–Crippen LogP) is 3.75. The van der Waals surface area contributed by atoms with Gasteiger partial charge in [0.05, 0.1) is 26.0 Å². The van der Waals surface area contributed by atoms with Crippen LogP contribution in [0, 0.1) is 0 Å². The number of thiocarbonyl (C=S) groups is 1. The Morgan fingerprint density at radius 1 is 1.04 bits per heavy atom. The smallest absolute Gasteiger partial charge is 0.281 e. The van der Waals surface area contributed by atoms with Gasteiger partial charge in [-0.3, -0.25) is 9.69 Å². The minimum absolute atomic E-state index is 0.230. The van der Waals surface area contributed by atoms with E-state index in [-0.39, 0.29) is 5.91 Å². The standard InChI is InChI=1S/C21H22N2O4S/c1-4-26-17-9-6-14(19(13-17)27-5-2)12-18-20(24)23(21(28)22-18)15-7-10-16(25-3)11-8-15/h6-13H,4-5H2,1-3H3,(H,22,28)/b18-12-. The molecule has 1 amide bonds. The first-order chi connectivity index (χ1) is 13.6. The van der Waals surface area contributed by atoms with Gasteiger partial charge in [0.25, 0.3) is 5.91 Å². The fraction of sp³-hybridized carbons (Fsp3) is 0.238. The molecule has 0 saturated carbocycles. The van der Waals surface area contributed by atoms with Gasteiger partial charge in [-0.25, -0.2) is 0 Å². The molecule has 0 aliphatic carbocycles. The van der Waals surface area contributed by atoms with E-state index >= 15 is 0 Å². The summed E-state index contributed by atoms with van der Waals surface area (Å²) in [6.45, 7) is 4.90. The molecule has 7 heteroatoms. The quantitative estimate of drug-likeness (QED) is 0.566. The lowest BCUT2D eigenvalue weighted by Crippen LogP contribution is -2.30. The third kappa shape index (κ3) is 4.09. The zero-order valence-corrected chi connectivity index (χ0v) is 16.8. The van der Waals surface area contributed by atoms with Gasteiger partial charge in [0.15, 0.2) is 5.11 Å². The van der Waals surface area contributed by atoms with Gasteiger partial charge in [0.1, 0.15) is 22.9 Å². The number of methoxy groups -OCH3 is 1. The maximum Gasteiger partial charge on any atom is 0.281 e. The number of nitrogens with zero attached hydrogens (tertiary/aromatic N) is 1. The van der Waals surface area contributed by atoms with Gasteiger partial charge in [-0.1, -0.05) is 0 Å². The first kappa shape index (κ1) is 19.7. The number of amides is 1. The van der Waals surface area contributed by atoms with Gasteiger partial charge >= 0.3 is 0 Å². The largest absolute Gasteiger partial charge is 0.497 e. The third-order valence-corrected chi connectivity index (χ3v) is 4.39. The van der Waals surface area contributed by atoms with E-state index in [1.165, 1.54) is 4.90 Å². The van der Waals surface area contributed by atoms with Crippen LogP contribution in [-0.4, -0.2) is 31.3 Å². The second-order valence-corrected chi connectivity index (χ2v) is 6.28. The first-order valence-electron chi connectivity index (χ1n) is 8.98. The van der Waals surface area contributed by atoms with Gasteiger partial charge in [0, 0.05) is 11.6 Å². The zero-order chi connectivity index (χ0) is 20.1. The fourth-order valence-corrected chi connectivity index (χ4v) is 3.13. The summed E-state index contributed by atoms with van der Waals surface area (Å²) in [5.74, 6) is 1.84. The van der Waals surface area contributed by atoms with E-state index in [2.05, 4.69) is 5.32 Å². The van der Waals surface area contributed by atoms with Crippen LogP contribution in [0.4, 0.5) is 5.69 Å². The molecule has 2 aromatic carbocycles. The van der Waals surface area contributed by atoms with Crippen LogP contribution in [0.2, 0.25) is 0 Å². The third-order valence-electron chi connectivity index (χ3n) is 4.10. The van der Waals surface area contributed by atoms with Crippen LogP contribution in [0.5, 0.6) is 17.2 Å². The number of hydrogen-bond acceptors (Lipinski definition) is 5. The van der Waals surface area contributed by atoms with Crippen LogP contribution < -0.4 is 24.4 Å². The molecule has 1 aliphatic heterocycles. The van der Waals surface area contributed by atoms with E-state index in [1.807, 2.05) is 32.0 Å². The molecule has 0 radical (unpaired) electrons. The highest BCUT2D eigenvalue weighted by molar-refractivity contribution is 7.80. The molecule has 1 saturated heterocycles. The maximum absolute atomic E-state index is 12.9. The first-order valence-corrected chi connectivity index (χ1v) is 9.39. The molecular formula is C21H22N2O4S. The second kappa shape index (κ2) is 8.75. The van der Waals surface area contributed by atoms with Crippen LogP contribution in [0.15, 0.2) is 48.2 Å². The second-order valence-electron chi connectivity index (χ2n) is 5.89. The molecule has 1 N–H and O–H groups in total. The number of rotatable bonds is 7. The lowest BCUT2D eigenvalue weighted by atomic mass is 10.1. The Kier molecular flexibility index (Phi) is 6.16. The van der Waals surface area contributed by atoms with E-state index in [0.717, 1.165) is 5.56 Å². The van der Waals surface area contributed by atoms with Crippen LogP contribution >= 0.6 is 12.2 Å². The molecule has 2 aromatic rings. The normalized spacial score (nSPS) is 15.0. The Labute approximate surface area is 169 Å². The van der Waals surface area contributed by atoms with Crippen LogP contribution in [-0.2, 0) is 4.79 Å². The van der Waals surface area contributed by atoms with Crippen molar-refractivity contribution in [2.24, 2.45) is 0 Å². The summed E-state index contributed by atoms with van der Waals surface area (Å²) in [6.07, 6.45) is 1.73. The van der Waals surface area contributed by atoms with Gasteiger partial charge in [-0.2, -0.15) is 0 Å². The average Bonchev–Trinajstić information content (AvgIpc) is 2.97. The Morgan fingerprint density at radius 3 is 2.36 bits per heavy atom. The average molecular weight is 398 g/mol. The van der Waals surface area contributed by atoms with E-state index in [1.54, 1.807) is 37.5 Å².